The fourth-order valence-electron chi connectivity index (χ4n) is 3.45. The molecule has 29 heavy (non-hydrogen) atoms. The molecule has 2 aliphatic rings. The summed E-state index contributed by atoms with van der Waals surface area (Å²) in [6.07, 6.45) is 3.59. The van der Waals surface area contributed by atoms with Crippen molar-refractivity contribution in [3.05, 3.63) is 29.8 Å². The molecule has 0 aromatic heterocycles. The smallest absolute Gasteiger partial charge is 0.237 e. The summed E-state index contributed by atoms with van der Waals surface area (Å²) in [6.45, 7) is 5.38. The molecule has 7 nitrogen and oxygen atoms in total. The maximum Gasteiger partial charge on any atom is 0.237 e. The number of benzene rings is 1. The number of piperidine rings is 1. The highest BCUT2D eigenvalue weighted by molar-refractivity contribution is 5.91. The molecule has 1 aromatic carbocycles. The molecule has 0 bridgehead atoms. The predicted molar refractivity (Wildman–Crippen MR) is 119 cm³/mol. The molecule has 0 spiro atoms. The van der Waals surface area contributed by atoms with Gasteiger partial charge < -0.3 is 20.7 Å². The van der Waals surface area contributed by atoms with Gasteiger partial charge in [0.2, 0.25) is 11.8 Å². The van der Waals surface area contributed by atoms with Crippen LogP contribution < -0.4 is 16.0 Å². The summed E-state index contributed by atoms with van der Waals surface area (Å²) in [5, 5.41) is 9.19. The minimum atomic E-state index is -0.0816. The molecule has 164 valence electrons. The molecule has 1 unspecified atom stereocenters. The highest BCUT2D eigenvalue weighted by Crippen LogP contribution is 2.12. The Bertz CT molecular complexity index is 636. The molecule has 3 N–H and O–H groups in total. The molecule has 2 fully saturated rings. The Labute approximate surface area is 185 Å². The van der Waals surface area contributed by atoms with Gasteiger partial charge in [0.25, 0.3) is 0 Å². The standard InChI is InChI=1S/C20H30N4O3.2ClH/c25-19(7-9-24-10-12-27-13-11-24)23-17-5-3-4-16(14-17)15-22-20(26)18-6-1-2-8-21-18;;/h3-5,14,18,21H,1-2,6-13,15H2,(H,22,26)(H,23,25);2*1H. The molecule has 3 rings (SSSR count). The van der Waals surface area contributed by atoms with E-state index in [0.717, 1.165) is 69.9 Å². The van der Waals surface area contributed by atoms with Crippen LogP contribution >= 0.6 is 24.8 Å². The van der Waals surface area contributed by atoms with E-state index in [1.54, 1.807) is 0 Å². The van der Waals surface area contributed by atoms with Crippen molar-refractivity contribution in [2.45, 2.75) is 38.3 Å². The van der Waals surface area contributed by atoms with Gasteiger partial charge in [-0.3, -0.25) is 14.5 Å². The van der Waals surface area contributed by atoms with E-state index in [9.17, 15) is 9.59 Å². The highest BCUT2D eigenvalue weighted by Gasteiger charge is 2.19. The zero-order chi connectivity index (χ0) is 18.9. The number of carbonyl (C=O) groups excluding carboxylic acids is 2. The highest BCUT2D eigenvalue weighted by atomic mass is 35.5. The first kappa shape index (κ1) is 25.7. The minimum absolute atomic E-state index is 0. The molecule has 2 aliphatic heterocycles. The maximum absolute atomic E-state index is 12.2. The number of nitrogens with zero attached hydrogens (tertiary/aromatic N) is 1. The maximum atomic E-state index is 12.2. The molecular formula is C20H32Cl2N4O3. The van der Waals surface area contributed by atoms with Gasteiger partial charge in [0, 0.05) is 38.3 Å². The SMILES string of the molecule is Cl.Cl.O=C(CCN1CCOCC1)Nc1cccc(CNC(=O)C2CCCCN2)c1. The Kier molecular flexibility index (Phi) is 12.2. The van der Waals surface area contributed by atoms with E-state index in [1.807, 2.05) is 24.3 Å². The number of ether oxygens (including phenoxy) is 1. The number of amides is 2. The van der Waals surface area contributed by atoms with Crippen LogP contribution in [0.1, 0.15) is 31.2 Å². The fourth-order valence-corrected chi connectivity index (χ4v) is 3.45. The molecule has 1 aromatic rings. The van der Waals surface area contributed by atoms with E-state index in [2.05, 4.69) is 20.9 Å². The van der Waals surface area contributed by atoms with Gasteiger partial charge in [-0.2, -0.15) is 0 Å². The topological polar surface area (TPSA) is 82.7 Å². The largest absolute Gasteiger partial charge is 0.379 e. The second-order valence-electron chi connectivity index (χ2n) is 7.17. The van der Waals surface area contributed by atoms with Gasteiger partial charge in [-0.15, -0.1) is 24.8 Å². The normalized spacial score (nSPS) is 19.4. The number of nitrogens with one attached hydrogen (secondary N) is 3. The Morgan fingerprint density at radius 1 is 1.17 bits per heavy atom. The molecule has 2 saturated heterocycles. The Hall–Kier alpha value is -1.38. The molecule has 1 atom stereocenters. The fraction of sp³-hybridized carbons (Fsp3) is 0.600. The predicted octanol–water partition coefficient (Wildman–Crippen LogP) is 1.95. The lowest BCUT2D eigenvalue weighted by atomic mass is 10.0. The zero-order valence-electron chi connectivity index (χ0n) is 16.7. The Balaban J connectivity index is 0.00000210. The molecule has 0 saturated carbocycles. The van der Waals surface area contributed by atoms with Crippen molar-refractivity contribution < 1.29 is 14.3 Å². The summed E-state index contributed by atoms with van der Waals surface area (Å²) in [7, 11) is 0. The molecule has 9 heteroatoms. The number of morpholine rings is 1. The summed E-state index contributed by atoms with van der Waals surface area (Å²) >= 11 is 0. The van der Waals surface area contributed by atoms with E-state index >= 15 is 0 Å². The second kappa shape index (κ2) is 13.8. The molecule has 2 heterocycles. The number of anilines is 1. The van der Waals surface area contributed by atoms with E-state index in [0.29, 0.717) is 13.0 Å². The quantitative estimate of drug-likeness (QED) is 0.595. The molecular weight excluding hydrogens is 415 g/mol. The van der Waals surface area contributed by atoms with Gasteiger partial charge in [0.1, 0.15) is 0 Å². The first-order chi connectivity index (χ1) is 13.2. The van der Waals surface area contributed by atoms with Crippen LogP contribution in [0.5, 0.6) is 0 Å². The van der Waals surface area contributed by atoms with Crippen molar-refractivity contribution in [1.29, 1.82) is 0 Å². The third-order valence-electron chi connectivity index (χ3n) is 5.06. The van der Waals surface area contributed by atoms with E-state index < -0.39 is 0 Å². The van der Waals surface area contributed by atoms with E-state index in [-0.39, 0.29) is 42.7 Å². The van der Waals surface area contributed by atoms with Gasteiger partial charge in [-0.05, 0) is 37.1 Å². The molecule has 2 amide bonds. The van der Waals surface area contributed by atoms with Gasteiger partial charge in [0.15, 0.2) is 0 Å². The Morgan fingerprint density at radius 2 is 1.97 bits per heavy atom. The zero-order valence-corrected chi connectivity index (χ0v) is 18.3. The van der Waals surface area contributed by atoms with Crippen molar-refractivity contribution >= 4 is 42.3 Å². The molecule has 0 aliphatic carbocycles. The summed E-state index contributed by atoms with van der Waals surface area (Å²) in [4.78, 5) is 26.6. The number of halogens is 2. The lowest BCUT2D eigenvalue weighted by molar-refractivity contribution is -0.123. The van der Waals surface area contributed by atoms with Crippen LogP contribution in [-0.2, 0) is 20.9 Å². The third-order valence-corrected chi connectivity index (χ3v) is 5.06. The number of carbonyl (C=O) groups is 2. The second-order valence-corrected chi connectivity index (χ2v) is 7.17. The average molecular weight is 447 g/mol. The van der Waals surface area contributed by atoms with Crippen LogP contribution in [0.2, 0.25) is 0 Å². The summed E-state index contributed by atoms with van der Waals surface area (Å²) in [6, 6.07) is 7.57. The van der Waals surface area contributed by atoms with Crippen molar-refractivity contribution in [2.75, 3.05) is 44.7 Å². The van der Waals surface area contributed by atoms with Crippen LogP contribution in [0, 0.1) is 0 Å². The van der Waals surface area contributed by atoms with Gasteiger partial charge in [-0.25, -0.2) is 0 Å². The van der Waals surface area contributed by atoms with Crippen molar-refractivity contribution in [3.63, 3.8) is 0 Å². The van der Waals surface area contributed by atoms with Gasteiger partial charge in [0.05, 0.1) is 19.3 Å². The van der Waals surface area contributed by atoms with Crippen LogP contribution in [0.3, 0.4) is 0 Å². The van der Waals surface area contributed by atoms with Crippen LogP contribution in [0.25, 0.3) is 0 Å². The van der Waals surface area contributed by atoms with Gasteiger partial charge >= 0.3 is 0 Å². The first-order valence-electron chi connectivity index (χ1n) is 9.91. The average Bonchev–Trinajstić information content (AvgIpc) is 2.72. The van der Waals surface area contributed by atoms with E-state index in [1.165, 1.54) is 0 Å². The summed E-state index contributed by atoms with van der Waals surface area (Å²) in [5.41, 5.74) is 1.75. The van der Waals surface area contributed by atoms with Crippen molar-refractivity contribution in [1.82, 2.24) is 15.5 Å². The van der Waals surface area contributed by atoms with Crippen LogP contribution in [0.4, 0.5) is 5.69 Å². The number of rotatable bonds is 7. The van der Waals surface area contributed by atoms with E-state index in [4.69, 9.17) is 4.74 Å². The third kappa shape index (κ3) is 8.88. The van der Waals surface area contributed by atoms with Crippen LogP contribution in [0.15, 0.2) is 24.3 Å². The lowest BCUT2D eigenvalue weighted by Crippen LogP contribution is -2.46. The summed E-state index contributed by atoms with van der Waals surface area (Å²) in [5.74, 6) is 0.0590. The number of hydrogen-bond donors (Lipinski definition) is 3. The van der Waals surface area contributed by atoms with Crippen molar-refractivity contribution in [3.8, 4) is 0 Å². The molecule has 0 radical (unpaired) electrons. The lowest BCUT2D eigenvalue weighted by Gasteiger charge is -2.26. The number of hydrogen-bond acceptors (Lipinski definition) is 5. The van der Waals surface area contributed by atoms with Crippen molar-refractivity contribution in [2.24, 2.45) is 0 Å². The minimum Gasteiger partial charge on any atom is -0.379 e. The first-order valence-corrected chi connectivity index (χ1v) is 9.91. The van der Waals surface area contributed by atoms with Gasteiger partial charge in [-0.1, -0.05) is 18.6 Å². The monoisotopic (exact) mass is 446 g/mol. The Morgan fingerprint density at radius 3 is 2.69 bits per heavy atom. The summed E-state index contributed by atoms with van der Waals surface area (Å²) < 4.78 is 5.32. The van der Waals surface area contributed by atoms with Crippen LogP contribution in [-0.4, -0.2) is 62.1 Å².